The van der Waals surface area contributed by atoms with Gasteiger partial charge in [0.2, 0.25) is 11.8 Å². The lowest BCUT2D eigenvalue weighted by Gasteiger charge is -2.28. The Morgan fingerprint density at radius 3 is 1.85 bits per heavy atom. The van der Waals surface area contributed by atoms with Crippen LogP contribution in [0.15, 0.2) is 0 Å². The van der Waals surface area contributed by atoms with Crippen molar-refractivity contribution in [3.8, 4) is 0 Å². The number of methoxy groups -OCH3 is 1. The van der Waals surface area contributed by atoms with E-state index in [-0.39, 0.29) is 11.3 Å². The largest absolute Gasteiger partial charge is 0.468 e. The maximum atomic E-state index is 12.4. The lowest BCUT2D eigenvalue weighted by Crippen LogP contribution is -2.51. The van der Waals surface area contributed by atoms with E-state index in [1.54, 1.807) is 0 Å². The minimum Gasteiger partial charge on any atom is -0.468 e. The van der Waals surface area contributed by atoms with Gasteiger partial charge in [0.15, 0.2) is 0 Å². The van der Waals surface area contributed by atoms with Gasteiger partial charge >= 0.3 is 18.3 Å². The summed E-state index contributed by atoms with van der Waals surface area (Å²) in [6.45, 7) is 0.0518. The third kappa shape index (κ3) is 5.25. The summed E-state index contributed by atoms with van der Waals surface area (Å²) in [5.74, 6) is -7.46. The predicted octanol–water partition coefficient (Wildman–Crippen LogP) is 2.14. The van der Waals surface area contributed by atoms with Gasteiger partial charge in [-0.1, -0.05) is 6.92 Å². The molecule has 118 valence electrons. The summed E-state index contributed by atoms with van der Waals surface area (Å²) in [4.78, 5) is 22.6. The van der Waals surface area contributed by atoms with Crippen molar-refractivity contribution in [2.75, 3.05) is 20.2 Å². The Hall–Kier alpha value is -1.48. The predicted molar refractivity (Wildman–Crippen MR) is 54.5 cm³/mol. The van der Waals surface area contributed by atoms with Crippen LogP contribution in [-0.4, -0.2) is 49.3 Å². The highest BCUT2D eigenvalue weighted by atomic mass is 19.4. The molecule has 10 heteroatoms. The van der Waals surface area contributed by atoms with Crippen molar-refractivity contribution in [3.05, 3.63) is 0 Å². The molecule has 0 aliphatic rings. The zero-order valence-corrected chi connectivity index (χ0v) is 10.6. The summed E-state index contributed by atoms with van der Waals surface area (Å²) in [6.07, 6.45) is -11.5. The smallest absolute Gasteiger partial charge is 0.409 e. The molecule has 0 aromatic heterocycles. The normalized spacial score (nSPS) is 12.4. The quantitative estimate of drug-likeness (QED) is 0.577. The van der Waals surface area contributed by atoms with Crippen molar-refractivity contribution in [2.24, 2.45) is 5.92 Å². The van der Waals surface area contributed by atoms with Gasteiger partial charge in [0.25, 0.3) is 0 Å². The molecule has 0 aromatic carbocycles. The standard InChI is InChI=1S/C10H13F6NO3/c1-3-4-17(5-6(18)20-2)8(19)7(9(11,12)13)10(14,15)16/h7H,3-5H2,1-2H3. The fourth-order valence-electron chi connectivity index (χ4n) is 1.41. The van der Waals surface area contributed by atoms with E-state index in [9.17, 15) is 35.9 Å². The van der Waals surface area contributed by atoms with Gasteiger partial charge in [0.1, 0.15) is 6.54 Å². The number of ether oxygens (including phenoxy) is 1. The molecule has 0 radical (unpaired) electrons. The maximum Gasteiger partial charge on any atom is 0.409 e. The van der Waals surface area contributed by atoms with Gasteiger partial charge < -0.3 is 9.64 Å². The van der Waals surface area contributed by atoms with Gasteiger partial charge in [-0.15, -0.1) is 0 Å². The van der Waals surface area contributed by atoms with Gasteiger partial charge in [-0.2, -0.15) is 26.3 Å². The van der Waals surface area contributed by atoms with E-state index >= 15 is 0 Å². The average Bonchev–Trinajstić information content (AvgIpc) is 2.24. The van der Waals surface area contributed by atoms with E-state index in [1.165, 1.54) is 6.92 Å². The Bertz CT molecular complexity index is 338. The summed E-state index contributed by atoms with van der Waals surface area (Å²) in [5.41, 5.74) is 0. The van der Waals surface area contributed by atoms with Gasteiger partial charge in [-0.25, -0.2) is 0 Å². The molecule has 1 amide bonds. The number of hydrogen-bond donors (Lipinski definition) is 0. The molecule has 0 atom stereocenters. The highest BCUT2D eigenvalue weighted by Gasteiger charge is 2.62. The summed E-state index contributed by atoms with van der Waals surface area (Å²) in [5, 5.41) is 0. The number of rotatable bonds is 5. The Balaban J connectivity index is 5.32. The number of alkyl halides is 6. The van der Waals surface area contributed by atoms with E-state index in [2.05, 4.69) is 4.74 Å². The zero-order chi connectivity index (χ0) is 16.1. The summed E-state index contributed by atoms with van der Waals surface area (Å²) >= 11 is 0. The van der Waals surface area contributed by atoms with E-state index in [0.717, 1.165) is 7.11 Å². The molecule has 0 aliphatic carbocycles. The number of carbonyl (C=O) groups is 2. The second-order valence-corrected chi connectivity index (χ2v) is 3.85. The van der Waals surface area contributed by atoms with Crippen molar-refractivity contribution in [3.63, 3.8) is 0 Å². The molecule has 0 bridgehead atoms. The van der Waals surface area contributed by atoms with Crippen LogP contribution in [0.5, 0.6) is 0 Å². The summed E-state index contributed by atoms with van der Waals surface area (Å²) in [6, 6.07) is 0. The molecule has 20 heavy (non-hydrogen) atoms. The Morgan fingerprint density at radius 1 is 1.10 bits per heavy atom. The van der Waals surface area contributed by atoms with Gasteiger partial charge in [0.05, 0.1) is 7.11 Å². The SMILES string of the molecule is CCCN(CC(=O)OC)C(=O)C(C(F)(F)F)C(F)(F)F. The lowest BCUT2D eigenvalue weighted by atomic mass is 10.1. The van der Waals surface area contributed by atoms with Crippen molar-refractivity contribution in [2.45, 2.75) is 25.7 Å². The van der Waals surface area contributed by atoms with Crippen LogP contribution in [0, 0.1) is 5.92 Å². The molecule has 0 aromatic rings. The average molecular weight is 309 g/mol. The Kier molecular flexibility index (Phi) is 6.30. The molecule has 0 saturated carbocycles. The molecule has 0 saturated heterocycles. The first-order valence-corrected chi connectivity index (χ1v) is 5.44. The lowest BCUT2D eigenvalue weighted by molar-refractivity contribution is -0.277. The van der Waals surface area contributed by atoms with Crippen molar-refractivity contribution in [1.82, 2.24) is 4.90 Å². The Morgan fingerprint density at radius 2 is 1.55 bits per heavy atom. The molecule has 0 aliphatic heterocycles. The number of amides is 1. The summed E-state index contributed by atoms with van der Waals surface area (Å²) < 4.78 is 78.5. The van der Waals surface area contributed by atoms with E-state index in [1.807, 2.05) is 0 Å². The van der Waals surface area contributed by atoms with Crippen LogP contribution >= 0.6 is 0 Å². The maximum absolute atomic E-state index is 12.4. The summed E-state index contributed by atoms with van der Waals surface area (Å²) in [7, 11) is 0.905. The molecule has 0 unspecified atom stereocenters. The highest BCUT2D eigenvalue weighted by Crippen LogP contribution is 2.40. The van der Waals surface area contributed by atoms with Crippen LogP contribution in [-0.2, 0) is 14.3 Å². The monoisotopic (exact) mass is 309 g/mol. The molecule has 0 spiro atoms. The van der Waals surface area contributed by atoms with Gasteiger partial charge in [-0.3, -0.25) is 9.59 Å². The van der Waals surface area contributed by atoms with Crippen LogP contribution in [0.25, 0.3) is 0 Å². The molecule has 0 rings (SSSR count). The fraction of sp³-hybridized carbons (Fsp3) is 0.800. The molecule has 0 N–H and O–H groups in total. The minimum atomic E-state index is -5.78. The third-order valence-corrected chi connectivity index (χ3v) is 2.25. The number of halogens is 6. The van der Waals surface area contributed by atoms with E-state index in [0.29, 0.717) is 0 Å². The van der Waals surface area contributed by atoms with Crippen LogP contribution in [0.1, 0.15) is 13.3 Å². The van der Waals surface area contributed by atoms with Crippen molar-refractivity contribution in [1.29, 1.82) is 0 Å². The molecule has 4 nitrogen and oxygen atoms in total. The van der Waals surface area contributed by atoms with Crippen LogP contribution in [0.2, 0.25) is 0 Å². The molecule has 0 heterocycles. The third-order valence-electron chi connectivity index (χ3n) is 2.25. The molecular weight excluding hydrogens is 296 g/mol. The van der Waals surface area contributed by atoms with Crippen LogP contribution < -0.4 is 0 Å². The van der Waals surface area contributed by atoms with E-state index in [4.69, 9.17) is 0 Å². The second kappa shape index (κ2) is 6.80. The number of carbonyl (C=O) groups excluding carboxylic acids is 2. The number of nitrogens with zero attached hydrogens (tertiary/aromatic N) is 1. The molecular formula is C10H13F6NO3. The first-order valence-electron chi connectivity index (χ1n) is 5.44. The zero-order valence-electron chi connectivity index (χ0n) is 10.6. The van der Waals surface area contributed by atoms with Gasteiger partial charge in [-0.05, 0) is 6.42 Å². The molecule has 0 fully saturated rings. The first-order chi connectivity index (χ1) is 8.95. The Labute approximate surface area is 110 Å². The van der Waals surface area contributed by atoms with Crippen molar-refractivity contribution >= 4 is 11.9 Å². The van der Waals surface area contributed by atoms with Crippen molar-refractivity contribution < 1.29 is 40.7 Å². The fourth-order valence-corrected chi connectivity index (χ4v) is 1.41. The van der Waals surface area contributed by atoms with Crippen LogP contribution in [0.3, 0.4) is 0 Å². The number of esters is 1. The number of hydrogen-bond acceptors (Lipinski definition) is 3. The van der Waals surface area contributed by atoms with Gasteiger partial charge in [0, 0.05) is 6.54 Å². The second-order valence-electron chi connectivity index (χ2n) is 3.85. The van der Waals surface area contributed by atoms with E-state index < -0.39 is 43.2 Å². The minimum absolute atomic E-state index is 0.0885. The highest BCUT2D eigenvalue weighted by molar-refractivity contribution is 5.84. The topological polar surface area (TPSA) is 46.6 Å². The van der Waals surface area contributed by atoms with Crippen LogP contribution in [0.4, 0.5) is 26.3 Å². The first kappa shape index (κ1) is 18.5.